The molecule has 1 saturated carbocycles. The van der Waals surface area contributed by atoms with Gasteiger partial charge in [-0.15, -0.1) is 0 Å². The lowest BCUT2D eigenvalue weighted by Gasteiger charge is -2.37. The number of aliphatic carboxylic acids is 1. The summed E-state index contributed by atoms with van der Waals surface area (Å²) in [6.45, 7) is 1.52. The van der Waals surface area contributed by atoms with Crippen LogP contribution in [0.1, 0.15) is 46.0 Å². The molecule has 8 heteroatoms. The molecule has 5 nitrogen and oxygen atoms in total. The van der Waals surface area contributed by atoms with Crippen LogP contribution in [0.5, 0.6) is 0 Å². The maximum Gasteiger partial charge on any atom is 0.406 e. The predicted octanol–water partition coefficient (Wildman–Crippen LogP) is 2.76. The summed E-state index contributed by atoms with van der Waals surface area (Å²) in [4.78, 5) is 24.1. The van der Waals surface area contributed by atoms with Crippen LogP contribution in [0.25, 0.3) is 0 Å². The fourth-order valence-electron chi connectivity index (χ4n) is 2.51. The van der Waals surface area contributed by atoms with Gasteiger partial charge in [0, 0.05) is 6.04 Å². The lowest BCUT2D eigenvalue weighted by Crippen LogP contribution is -2.60. The van der Waals surface area contributed by atoms with Gasteiger partial charge in [0.25, 0.3) is 0 Å². The van der Waals surface area contributed by atoms with Gasteiger partial charge in [-0.2, -0.15) is 13.2 Å². The van der Waals surface area contributed by atoms with Crippen LogP contribution in [-0.2, 0) is 4.79 Å². The molecule has 122 valence electrons. The Morgan fingerprint density at radius 1 is 1.24 bits per heavy atom. The third kappa shape index (κ3) is 4.78. The highest BCUT2D eigenvalue weighted by atomic mass is 19.4. The number of carbonyl (C=O) groups is 2. The fraction of sp³-hybridized carbons (Fsp3) is 0.846. The minimum absolute atomic E-state index is 0.242. The SMILES string of the molecule is CC(C)N(CC(F)(F)F)C(=O)NC1(C(=O)O)CCCCC1. The molecule has 2 N–H and O–H groups in total. The highest BCUT2D eigenvalue weighted by Gasteiger charge is 2.43. The van der Waals surface area contributed by atoms with Gasteiger partial charge in [0.1, 0.15) is 12.1 Å². The summed E-state index contributed by atoms with van der Waals surface area (Å²) in [5, 5.41) is 11.7. The van der Waals surface area contributed by atoms with E-state index in [0.29, 0.717) is 17.7 Å². The number of carbonyl (C=O) groups excluding carboxylic acids is 1. The van der Waals surface area contributed by atoms with Crippen molar-refractivity contribution in [3.63, 3.8) is 0 Å². The molecule has 1 aliphatic carbocycles. The third-order valence-corrected chi connectivity index (χ3v) is 3.70. The van der Waals surface area contributed by atoms with Crippen LogP contribution in [0, 0.1) is 0 Å². The maximum atomic E-state index is 12.5. The Labute approximate surface area is 121 Å². The second kappa shape index (κ2) is 6.53. The van der Waals surface area contributed by atoms with Crippen molar-refractivity contribution < 1.29 is 27.9 Å². The van der Waals surface area contributed by atoms with E-state index < -0.39 is 36.3 Å². The number of amides is 2. The number of hydrogen-bond donors (Lipinski definition) is 2. The molecule has 0 heterocycles. The number of urea groups is 1. The molecule has 0 aromatic carbocycles. The van der Waals surface area contributed by atoms with E-state index in [0.717, 1.165) is 6.42 Å². The first-order valence-electron chi connectivity index (χ1n) is 6.96. The van der Waals surface area contributed by atoms with Crippen molar-refractivity contribution in [3.8, 4) is 0 Å². The number of rotatable bonds is 4. The Kier molecular flexibility index (Phi) is 5.47. The van der Waals surface area contributed by atoms with Gasteiger partial charge < -0.3 is 15.3 Å². The standard InChI is InChI=1S/C13H21F3N2O3/c1-9(2)18(8-13(14,15)16)11(21)17-12(10(19)20)6-4-3-5-7-12/h9H,3-8H2,1-2H3,(H,17,21)(H,19,20). The van der Waals surface area contributed by atoms with Gasteiger partial charge in [-0.3, -0.25) is 0 Å². The molecule has 1 rings (SSSR count). The molecule has 0 aliphatic heterocycles. The molecule has 0 bridgehead atoms. The van der Waals surface area contributed by atoms with E-state index >= 15 is 0 Å². The van der Waals surface area contributed by atoms with Crippen LogP contribution in [0.15, 0.2) is 0 Å². The summed E-state index contributed by atoms with van der Waals surface area (Å²) in [7, 11) is 0. The predicted molar refractivity (Wildman–Crippen MR) is 69.9 cm³/mol. The molecule has 0 aromatic heterocycles. The highest BCUT2D eigenvalue weighted by molar-refractivity contribution is 5.86. The van der Waals surface area contributed by atoms with Crippen molar-refractivity contribution in [2.24, 2.45) is 0 Å². The van der Waals surface area contributed by atoms with Crippen molar-refractivity contribution in [1.82, 2.24) is 10.2 Å². The lowest BCUT2D eigenvalue weighted by molar-refractivity contribution is -0.147. The summed E-state index contributed by atoms with van der Waals surface area (Å²) in [6, 6.07) is -1.66. The molecule has 0 aromatic rings. The third-order valence-electron chi connectivity index (χ3n) is 3.70. The number of carboxylic acids is 1. The molecular weight excluding hydrogens is 289 g/mol. The van der Waals surface area contributed by atoms with Crippen molar-refractivity contribution in [2.45, 2.75) is 63.7 Å². The summed E-state index contributed by atoms with van der Waals surface area (Å²) < 4.78 is 37.6. The number of alkyl halides is 3. The number of halogens is 3. The molecule has 1 fully saturated rings. The summed E-state index contributed by atoms with van der Waals surface area (Å²) in [6.07, 6.45) is -1.91. The Morgan fingerprint density at radius 2 is 1.76 bits per heavy atom. The first-order valence-corrected chi connectivity index (χ1v) is 6.96. The normalized spacial score (nSPS) is 18.4. The molecular formula is C13H21F3N2O3. The second-order valence-electron chi connectivity index (χ2n) is 5.71. The molecule has 0 spiro atoms. The maximum absolute atomic E-state index is 12.5. The van der Waals surface area contributed by atoms with Crippen molar-refractivity contribution >= 4 is 12.0 Å². The molecule has 1 aliphatic rings. The van der Waals surface area contributed by atoms with E-state index in [1.807, 2.05) is 0 Å². The summed E-state index contributed by atoms with van der Waals surface area (Å²) >= 11 is 0. The van der Waals surface area contributed by atoms with Crippen molar-refractivity contribution in [3.05, 3.63) is 0 Å². The topological polar surface area (TPSA) is 69.6 Å². The van der Waals surface area contributed by atoms with Crippen LogP contribution in [0.3, 0.4) is 0 Å². The largest absolute Gasteiger partial charge is 0.480 e. The average molecular weight is 310 g/mol. The Bertz CT molecular complexity index is 391. The van der Waals surface area contributed by atoms with Gasteiger partial charge in [0.2, 0.25) is 0 Å². The minimum atomic E-state index is -4.52. The molecule has 0 atom stereocenters. The summed E-state index contributed by atoms with van der Waals surface area (Å²) in [5.41, 5.74) is -1.45. The lowest BCUT2D eigenvalue weighted by atomic mass is 9.82. The van der Waals surface area contributed by atoms with Crippen LogP contribution in [0.2, 0.25) is 0 Å². The Balaban J connectivity index is 2.86. The summed E-state index contributed by atoms with van der Waals surface area (Å²) in [5.74, 6) is -1.19. The van der Waals surface area contributed by atoms with Crippen LogP contribution in [0.4, 0.5) is 18.0 Å². The quantitative estimate of drug-likeness (QED) is 0.839. The van der Waals surface area contributed by atoms with Crippen LogP contribution < -0.4 is 5.32 Å². The fourth-order valence-corrected chi connectivity index (χ4v) is 2.51. The van der Waals surface area contributed by atoms with E-state index in [-0.39, 0.29) is 12.8 Å². The van der Waals surface area contributed by atoms with Crippen molar-refractivity contribution in [1.29, 1.82) is 0 Å². The molecule has 0 saturated heterocycles. The number of hydrogen-bond acceptors (Lipinski definition) is 2. The van der Waals surface area contributed by atoms with Gasteiger partial charge in [-0.05, 0) is 26.7 Å². The van der Waals surface area contributed by atoms with E-state index in [9.17, 15) is 27.9 Å². The minimum Gasteiger partial charge on any atom is -0.480 e. The van der Waals surface area contributed by atoms with Gasteiger partial charge in [0.15, 0.2) is 0 Å². The van der Waals surface area contributed by atoms with Gasteiger partial charge in [-0.25, -0.2) is 9.59 Å². The Morgan fingerprint density at radius 3 is 2.14 bits per heavy atom. The van der Waals surface area contributed by atoms with E-state index in [4.69, 9.17) is 0 Å². The molecule has 0 unspecified atom stereocenters. The number of carboxylic acid groups (broad SMARTS) is 1. The monoisotopic (exact) mass is 310 g/mol. The average Bonchev–Trinajstić information content (AvgIpc) is 2.35. The highest BCUT2D eigenvalue weighted by Crippen LogP contribution is 2.29. The number of nitrogens with one attached hydrogen (secondary N) is 1. The molecule has 2 amide bonds. The van der Waals surface area contributed by atoms with Crippen molar-refractivity contribution in [2.75, 3.05) is 6.54 Å². The molecule has 21 heavy (non-hydrogen) atoms. The zero-order valence-electron chi connectivity index (χ0n) is 12.2. The van der Waals surface area contributed by atoms with E-state index in [1.165, 1.54) is 13.8 Å². The smallest absolute Gasteiger partial charge is 0.406 e. The van der Waals surface area contributed by atoms with Gasteiger partial charge >= 0.3 is 18.2 Å². The van der Waals surface area contributed by atoms with Gasteiger partial charge in [0.05, 0.1) is 0 Å². The van der Waals surface area contributed by atoms with E-state index in [1.54, 1.807) is 0 Å². The van der Waals surface area contributed by atoms with E-state index in [2.05, 4.69) is 5.32 Å². The van der Waals surface area contributed by atoms with Crippen LogP contribution >= 0.6 is 0 Å². The first-order chi connectivity index (χ1) is 9.57. The molecule has 0 radical (unpaired) electrons. The first kappa shape index (κ1) is 17.6. The van der Waals surface area contributed by atoms with Gasteiger partial charge in [-0.1, -0.05) is 19.3 Å². The van der Waals surface area contributed by atoms with Crippen LogP contribution in [-0.4, -0.2) is 46.3 Å². The number of nitrogens with zero attached hydrogens (tertiary/aromatic N) is 1. The second-order valence-corrected chi connectivity index (χ2v) is 5.71. The Hall–Kier alpha value is -1.47. The zero-order valence-corrected chi connectivity index (χ0v) is 12.2. The zero-order chi connectivity index (χ0) is 16.3.